The van der Waals surface area contributed by atoms with Gasteiger partial charge in [0.1, 0.15) is 5.69 Å². The Morgan fingerprint density at radius 1 is 0.680 bits per heavy atom. The van der Waals surface area contributed by atoms with Gasteiger partial charge < -0.3 is 4.90 Å². The Bertz CT molecular complexity index is 518. The van der Waals surface area contributed by atoms with Crippen molar-refractivity contribution in [1.29, 1.82) is 0 Å². The molecule has 0 saturated heterocycles. The van der Waals surface area contributed by atoms with E-state index >= 15 is 0 Å². The van der Waals surface area contributed by atoms with Gasteiger partial charge >= 0.3 is 0 Å². The molecule has 1 aromatic carbocycles. The van der Waals surface area contributed by atoms with Gasteiger partial charge in [-0.15, -0.1) is 0 Å². The van der Waals surface area contributed by atoms with Crippen LogP contribution in [0.5, 0.6) is 0 Å². The largest absolute Gasteiger partial charge is 0.367 e. The molecule has 0 aliphatic carbocycles. The molecular formula is C19H28F5N. The number of rotatable bonds is 11. The summed E-state index contributed by atoms with van der Waals surface area (Å²) < 4.78 is 68.6. The van der Waals surface area contributed by atoms with E-state index in [0.717, 1.165) is 32.1 Å². The summed E-state index contributed by atoms with van der Waals surface area (Å²) in [5, 5.41) is 0. The maximum Gasteiger partial charge on any atom is 0.200 e. The Labute approximate surface area is 147 Å². The Kier molecular flexibility index (Phi) is 9.22. The van der Waals surface area contributed by atoms with Crippen LogP contribution in [0.2, 0.25) is 0 Å². The quantitative estimate of drug-likeness (QED) is 0.243. The first-order valence-corrected chi connectivity index (χ1v) is 9.15. The van der Waals surface area contributed by atoms with Crippen LogP contribution in [0, 0.1) is 35.0 Å². The standard InChI is InChI=1S/C19H28F5N/c1-4-7-9-13(6-3)10-12-25(11-8-5-2)19-17(23)15(21)14(20)16(22)18(19)24/h13H,4-12H2,1-3H3. The molecule has 0 radical (unpaired) electrons. The van der Waals surface area contributed by atoms with Crippen LogP contribution >= 0.6 is 0 Å². The van der Waals surface area contributed by atoms with Gasteiger partial charge in [-0.2, -0.15) is 0 Å². The molecule has 0 aromatic heterocycles. The normalized spacial score (nSPS) is 12.5. The van der Waals surface area contributed by atoms with Gasteiger partial charge in [-0.1, -0.05) is 52.9 Å². The minimum Gasteiger partial charge on any atom is -0.367 e. The third-order valence-electron chi connectivity index (χ3n) is 4.63. The van der Waals surface area contributed by atoms with Gasteiger partial charge in [-0.05, 0) is 18.8 Å². The van der Waals surface area contributed by atoms with Crippen molar-refractivity contribution in [3.05, 3.63) is 29.1 Å². The number of benzene rings is 1. The first-order chi connectivity index (χ1) is 11.9. The highest BCUT2D eigenvalue weighted by Crippen LogP contribution is 2.31. The molecule has 0 fully saturated rings. The summed E-state index contributed by atoms with van der Waals surface area (Å²) in [6, 6.07) is 0. The van der Waals surface area contributed by atoms with Crippen LogP contribution in [-0.4, -0.2) is 13.1 Å². The Balaban J connectivity index is 3.07. The number of anilines is 1. The predicted molar refractivity (Wildman–Crippen MR) is 91.3 cm³/mol. The van der Waals surface area contributed by atoms with Gasteiger partial charge in [-0.3, -0.25) is 0 Å². The van der Waals surface area contributed by atoms with Crippen molar-refractivity contribution >= 4 is 5.69 Å². The van der Waals surface area contributed by atoms with Gasteiger partial charge in [0.05, 0.1) is 0 Å². The van der Waals surface area contributed by atoms with Crippen molar-refractivity contribution in [2.24, 2.45) is 5.92 Å². The molecule has 1 unspecified atom stereocenters. The minimum absolute atomic E-state index is 0.263. The molecular weight excluding hydrogens is 337 g/mol. The maximum absolute atomic E-state index is 14.1. The summed E-state index contributed by atoms with van der Waals surface area (Å²) in [6.45, 7) is 6.59. The predicted octanol–water partition coefficient (Wildman–Crippen LogP) is 6.60. The van der Waals surface area contributed by atoms with Crippen LogP contribution in [0.3, 0.4) is 0 Å². The van der Waals surface area contributed by atoms with Crippen molar-refractivity contribution in [3.63, 3.8) is 0 Å². The van der Waals surface area contributed by atoms with E-state index in [1.165, 1.54) is 4.90 Å². The van der Waals surface area contributed by atoms with Crippen molar-refractivity contribution < 1.29 is 22.0 Å². The minimum atomic E-state index is -2.11. The summed E-state index contributed by atoms with van der Waals surface area (Å²) >= 11 is 0. The first kappa shape index (κ1) is 21.7. The van der Waals surface area contributed by atoms with Crippen LogP contribution in [0.1, 0.15) is 65.7 Å². The highest BCUT2D eigenvalue weighted by atomic mass is 19.2. The van der Waals surface area contributed by atoms with Crippen LogP contribution in [-0.2, 0) is 0 Å². The fourth-order valence-corrected chi connectivity index (χ4v) is 2.94. The number of halogens is 5. The summed E-state index contributed by atoms with van der Waals surface area (Å²) in [5.41, 5.74) is -0.796. The lowest BCUT2D eigenvalue weighted by atomic mass is 9.95. The van der Waals surface area contributed by atoms with Crippen LogP contribution in [0.15, 0.2) is 0 Å². The smallest absolute Gasteiger partial charge is 0.200 e. The lowest BCUT2D eigenvalue weighted by Gasteiger charge is -2.28. The molecule has 0 amide bonds. The first-order valence-electron chi connectivity index (χ1n) is 9.15. The Morgan fingerprint density at radius 2 is 1.20 bits per heavy atom. The monoisotopic (exact) mass is 365 g/mol. The van der Waals surface area contributed by atoms with Crippen molar-refractivity contribution in [2.75, 3.05) is 18.0 Å². The Hall–Kier alpha value is -1.33. The second-order valence-electron chi connectivity index (χ2n) is 6.46. The van der Waals surface area contributed by atoms with Crippen molar-refractivity contribution in [3.8, 4) is 0 Å². The Morgan fingerprint density at radius 3 is 1.68 bits per heavy atom. The summed E-state index contributed by atoms with van der Waals surface area (Å²) in [4.78, 5) is 1.31. The lowest BCUT2D eigenvalue weighted by Crippen LogP contribution is -2.30. The van der Waals surface area contributed by atoms with Gasteiger partial charge in [0, 0.05) is 13.1 Å². The fraction of sp³-hybridized carbons (Fsp3) is 0.684. The molecule has 0 N–H and O–H groups in total. The summed E-state index contributed by atoms with van der Waals surface area (Å²) in [7, 11) is 0. The molecule has 0 aliphatic rings. The van der Waals surface area contributed by atoms with Gasteiger partial charge in [0.25, 0.3) is 0 Å². The third-order valence-corrected chi connectivity index (χ3v) is 4.63. The summed E-state index contributed by atoms with van der Waals surface area (Å²) in [6.07, 6.45) is 6.11. The van der Waals surface area contributed by atoms with E-state index in [9.17, 15) is 22.0 Å². The van der Waals surface area contributed by atoms with E-state index in [1.54, 1.807) is 0 Å². The van der Waals surface area contributed by atoms with E-state index in [1.807, 2.05) is 6.92 Å². The molecule has 1 rings (SSSR count). The van der Waals surface area contributed by atoms with Gasteiger partial charge in [-0.25, -0.2) is 22.0 Å². The molecule has 0 bridgehead atoms. The fourth-order valence-electron chi connectivity index (χ4n) is 2.94. The van der Waals surface area contributed by atoms with Crippen LogP contribution < -0.4 is 4.90 Å². The second-order valence-corrected chi connectivity index (χ2v) is 6.46. The molecule has 1 nitrogen and oxygen atoms in total. The van der Waals surface area contributed by atoms with E-state index in [-0.39, 0.29) is 13.1 Å². The molecule has 25 heavy (non-hydrogen) atoms. The molecule has 1 atom stereocenters. The zero-order valence-electron chi connectivity index (χ0n) is 15.3. The highest BCUT2D eigenvalue weighted by Gasteiger charge is 2.29. The van der Waals surface area contributed by atoms with E-state index in [2.05, 4.69) is 13.8 Å². The molecule has 6 heteroatoms. The maximum atomic E-state index is 14.1. The third kappa shape index (κ3) is 5.58. The number of unbranched alkanes of at least 4 members (excludes halogenated alkanes) is 2. The topological polar surface area (TPSA) is 3.24 Å². The average Bonchev–Trinajstić information content (AvgIpc) is 2.62. The highest BCUT2D eigenvalue weighted by molar-refractivity contribution is 5.50. The van der Waals surface area contributed by atoms with Crippen molar-refractivity contribution in [2.45, 2.75) is 65.7 Å². The molecule has 0 spiro atoms. The summed E-state index contributed by atoms with van der Waals surface area (Å²) in [5.74, 6) is -8.97. The second kappa shape index (κ2) is 10.6. The van der Waals surface area contributed by atoms with Gasteiger partial charge in [0.15, 0.2) is 23.3 Å². The number of hydrogen-bond donors (Lipinski definition) is 0. The van der Waals surface area contributed by atoms with E-state index < -0.39 is 34.8 Å². The van der Waals surface area contributed by atoms with E-state index in [0.29, 0.717) is 18.8 Å². The lowest BCUT2D eigenvalue weighted by molar-refractivity contribution is 0.374. The van der Waals surface area contributed by atoms with Crippen molar-refractivity contribution in [1.82, 2.24) is 0 Å². The number of nitrogens with zero attached hydrogens (tertiary/aromatic N) is 1. The SMILES string of the molecule is CCCCC(CC)CCN(CCCC)c1c(F)c(F)c(F)c(F)c1F. The molecule has 0 aliphatic heterocycles. The molecule has 144 valence electrons. The zero-order valence-corrected chi connectivity index (χ0v) is 15.3. The van der Waals surface area contributed by atoms with Crippen LogP contribution in [0.25, 0.3) is 0 Å². The number of hydrogen-bond acceptors (Lipinski definition) is 1. The molecule has 0 saturated carbocycles. The van der Waals surface area contributed by atoms with Gasteiger partial charge in [0.2, 0.25) is 5.82 Å². The molecule has 0 heterocycles. The molecule has 1 aromatic rings. The average molecular weight is 365 g/mol. The van der Waals surface area contributed by atoms with Crippen LogP contribution in [0.4, 0.5) is 27.6 Å². The zero-order chi connectivity index (χ0) is 19.0. The van der Waals surface area contributed by atoms with E-state index in [4.69, 9.17) is 0 Å².